The molecular formula is C17H20N4O4. The highest BCUT2D eigenvalue weighted by Crippen LogP contribution is 2.20. The normalized spacial score (nSPS) is 12.2. The van der Waals surface area contributed by atoms with E-state index >= 15 is 0 Å². The Bertz CT molecular complexity index is 762. The summed E-state index contributed by atoms with van der Waals surface area (Å²) in [6.45, 7) is 5.18. The van der Waals surface area contributed by atoms with Crippen LogP contribution in [0.5, 0.6) is 0 Å². The van der Waals surface area contributed by atoms with Crippen molar-refractivity contribution in [3.63, 3.8) is 0 Å². The monoisotopic (exact) mass is 344 g/mol. The fourth-order valence-electron chi connectivity index (χ4n) is 2.03. The summed E-state index contributed by atoms with van der Waals surface area (Å²) in [7, 11) is 1.23. The molecule has 2 aromatic rings. The van der Waals surface area contributed by atoms with Crippen LogP contribution in [0.1, 0.15) is 26.3 Å². The molecule has 0 aliphatic carbocycles. The minimum atomic E-state index is -0.776. The van der Waals surface area contributed by atoms with Crippen molar-refractivity contribution in [2.75, 3.05) is 7.11 Å². The highest BCUT2D eigenvalue weighted by molar-refractivity contribution is 6.00. The molecule has 1 amide bonds. The summed E-state index contributed by atoms with van der Waals surface area (Å²) in [6, 6.07) is 8.98. The maximum Gasteiger partial charge on any atom is 0.412 e. The van der Waals surface area contributed by atoms with Crippen LogP contribution in [-0.2, 0) is 14.3 Å². The average molecular weight is 344 g/mol. The van der Waals surface area contributed by atoms with E-state index in [0.717, 1.165) is 0 Å². The number of methoxy groups -OCH3 is 1. The van der Waals surface area contributed by atoms with Crippen LogP contribution in [0.4, 0.5) is 4.79 Å². The lowest BCUT2D eigenvalue weighted by molar-refractivity contribution is -0.136. The van der Waals surface area contributed by atoms with Gasteiger partial charge in [-0.1, -0.05) is 30.3 Å². The second-order valence-electron chi connectivity index (χ2n) is 6.05. The lowest BCUT2D eigenvalue weighted by Gasteiger charge is -2.21. The van der Waals surface area contributed by atoms with Crippen molar-refractivity contribution in [3.8, 4) is 0 Å². The van der Waals surface area contributed by atoms with E-state index in [9.17, 15) is 9.59 Å². The summed E-state index contributed by atoms with van der Waals surface area (Å²) in [5.74, 6) is -0.736. The van der Waals surface area contributed by atoms with Crippen molar-refractivity contribution in [1.29, 1.82) is 0 Å². The van der Waals surface area contributed by atoms with Crippen molar-refractivity contribution in [1.82, 2.24) is 20.1 Å². The number of aromatic nitrogens is 3. The topological polar surface area (TPSA) is 95.3 Å². The van der Waals surface area contributed by atoms with Crippen molar-refractivity contribution in [2.24, 2.45) is 0 Å². The van der Waals surface area contributed by atoms with Gasteiger partial charge in [0.25, 0.3) is 0 Å². The summed E-state index contributed by atoms with van der Waals surface area (Å²) >= 11 is 0. The number of carbonyl (C=O) groups is 2. The van der Waals surface area contributed by atoms with Gasteiger partial charge in [0.1, 0.15) is 24.0 Å². The Labute approximate surface area is 145 Å². The van der Waals surface area contributed by atoms with E-state index in [0.29, 0.717) is 11.3 Å². The third-order valence-electron chi connectivity index (χ3n) is 2.95. The lowest BCUT2D eigenvalue weighted by atomic mass is 10.1. The first-order chi connectivity index (χ1) is 11.8. The molecule has 8 nitrogen and oxygen atoms in total. The van der Waals surface area contributed by atoms with Gasteiger partial charge in [-0.25, -0.2) is 19.3 Å². The molecule has 0 unspecified atom stereocenters. The molecule has 0 saturated heterocycles. The summed E-state index contributed by atoms with van der Waals surface area (Å²) < 4.78 is 11.4. The van der Waals surface area contributed by atoms with Crippen LogP contribution in [-0.4, -0.2) is 39.5 Å². The molecule has 25 heavy (non-hydrogen) atoms. The number of hydrogen-bond donors (Lipinski definition) is 1. The predicted octanol–water partition coefficient (Wildman–Crippen LogP) is 2.19. The number of nitrogens with one attached hydrogen (secondary N) is 1. The van der Waals surface area contributed by atoms with Gasteiger partial charge in [0, 0.05) is 5.56 Å². The van der Waals surface area contributed by atoms with Crippen LogP contribution in [0.3, 0.4) is 0 Å². The number of esters is 1. The molecule has 1 aromatic carbocycles. The van der Waals surface area contributed by atoms with Gasteiger partial charge >= 0.3 is 12.1 Å². The molecule has 1 N–H and O–H groups in total. The molecule has 0 saturated carbocycles. The first kappa shape index (κ1) is 18.2. The Hall–Kier alpha value is -3.16. The second kappa shape index (κ2) is 7.61. The first-order valence-corrected chi connectivity index (χ1v) is 7.55. The number of hydrogen-bond acceptors (Lipinski definition) is 6. The Morgan fingerprint density at radius 1 is 1.16 bits per heavy atom. The van der Waals surface area contributed by atoms with E-state index in [1.54, 1.807) is 45.0 Å². The Balaban J connectivity index is 2.55. The van der Waals surface area contributed by atoms with Gasteiger partial charge in [-0.05, 0) is 20.8 Å². The summed E-state index contributed by atoms with van der Waals surface area (Å²) in [4.78, 5) is 28.4. The van der Waals surface area contributed by atoms with Gasteiger partial charge in [0.2, 0.25) is 0 Å². The van der Waals surface area contributed by atoms with Gasteiger partial charge in [0.05, 0.1) is 7.11 Å². The SMILES string of the molecule is COC(=O)/C(NC(=O)OC(C)(C)C)=C(/c1ccccc1)n1cncn1. The van der Waals surface area contributed by atoms with Crippen LogP contribution >= 0.6 is 0 Å². The minimum absolute atomic E-state index is 0.103. The summed E-state index contributed by atoms with van der Waals surface area (Å²) in [5.41, 5.74) is 0.139. The van der Waals surface area contributed by atoms with Crippen molar-refractivity contribution >= 4 is 17.8 Å². The number of rotatable bonds is 4. The van der Waals surface area contributed by atoms with Gasteiger partial charge in [-0.2, -0.15) is 5.10 Å². The molecule has 0 bridgehead atoms. The fraction of sp³-hybridized carbons (Fsp3) is 0.294. The second-order valence-corrected chi connectivity index (χ2v) is 6.05. The van der Waals surface area contributed by atoms with Crippen molar-refractivity contribution < 1.29 is 19.1 Å². The van der Waals surface area contributed by atoms with Gasteiger partial charge in [-0.3, -0.25) is 5.32 Å². The van der Waals surface area contributed by atoms with Gasteiger partial charge in [0.15, 0.2) is 5.70 Å². The number of amides is 1. The first-order valence-electron chi connectivity index (χ1n) is 7.55. The van der Waals surface area contributed by atoms with Crippen LogP contribution in [0.2, 0.25) is 0 Å². The molecule has 0 aliphatic rings. The quantitative estimate of drug-likeness (QED) is 0.675. The molecule has 1 aromatic heterocycles. The maximum absolute atomic E-state index is 12.3. The van der Waals surface area contributed by atoms with Crippen LogP contribution in [0, 0.1) is 0 Å². The van der Waals surface area contributed by atoms with E-state index in [2.05, 4.69) is 15.4 Å². The van der Waals surface area contributed by atoms with Crippen LogP contribution in [0.15, 0.2) is 48.7 Å². The Morgan fingerprint density at radius 3 is 2.36 bits per heavy atom. The molecule has 0 radical (unpaired) electrons. The smallest absolute Gasteiger partial charge is 0.412 e. The minimum Gasteiger partial charge on any atom is -0.464 e. The molecule has 0 aliphatic heterocycles. The number of benzene rings is 1. The largest absolute Gasteiger partial charge is 0.464 e. The molecule has 1 heterocycles. The number of nitrogens with zero attached hydrogens (tertiary/aromatic N) is 3. The van der Waals surface area contributed by atoms with Crippen molar-refractivity contribution in [3.05, 3.63) is 54.2 Å². The molecular weight excluding hydrogens is 324 g/mol. The predicted molar refractivity (Wildman–Crippen MR) is 90.2 cm³/mol. The lowest BCUT2D eigenvalue weighted by Crippen LogP contribution is -2.35. The average Bonchev–Trinajstić information content (AvgIpc) is 3.07. The number of ether oxygens (including phenoxy) is 2. The molecule has 0 spiro atoms. The Morgan fingerprint density at radius 2 is 1.84 bits per heavy atom. The molecule has 0 atom stereocenters. The summed E-state index contributed by atoms with van der Waals surface area (Å²) in [5, 5.41) is 6.53. The van der Waals surface area contributed by atoms with E-state index < -0.39 is 17.7 Å². The van der Waals surface area contributed by atoms with Crippen LogP contribution in [0.25, 0.3) is 5.70 Å². The third-order valence-corrected chi connectivity index (χ3v) is 2.95. The molecule has 0 fully saturated rings. The van der Waals surface area contributed by atoms with E-state index in [-0.39, 0.29) is 5.70 Å². The van der Waals surface area contributed by atoms with Gasteiger partial charge < -0.3 is 9.47 Å². The fourth-order valence-corrected chi connectivity index (χ4v) is 2.03. The highest BCUT2D eigenvalue weighted by Gasteiger charge is 2.25. The maximum atomic E-state index is 12.3. The zero-order valence-electron chi connectivity index (χ0n) is 14.5. The Kier molecular flexibility index (Phi) is 5.53. The van der Waals surface area contributed by atoms with E-state index in [4.69, 9.17) is 9.47 Å². The number of alkyl carbamates (subject to hydrolysis) is 1. The zero-order chi connectivity index (χ0) is 18.4. The van der Waals surface area contributed by atoms with Gasteiger partial charge in [-0.15, -0.1) is 0 Å². The summed E-state index contributed by atoms with van der Waals surface area (Å²) in [6.07, 6.45) is 1.97. The molecule has 8 heteroatoms. The third kappa shape index (κ3) is 4.90. The number of carbonyl (C=O) groups excluding carboxylic acids is 2. The van der Waals surface area contributed by atoms with E-state index in [1.807, 2.05) is 6.07 Å². The highest BCUT2D eigenvalue weighted by atomic mass is 16.6. The van der Waals surface area contributed by atoms with E-state index in [1.165, 1.54) is 24.4 Å². The molecule has 132 valence electrons. The zero-order valence-corrected chi connectivity index (χ0v) is 14.5. The standard InChI is InChI=1S/C17H20N4O4/c1-17(2,3)25-16(23)20-13(15(22)24-4)14(21-11-18-10-19-21)12-8-6-5-7-9-12/h5-11H,1-4H3,(H,20,23)/b14-13+. The van der Waals surface area contributed by atoms with Crippen LogP contribution < -0.4 is 5.32 Å². The molecule has 2 rings (SSSR count). The van der Waals surface area contributed by atoms with Crippen molar-refractivity contribution in [2.45, 2.75) is 26.4 Å².